The summed E-state index contributed by atoms with van der Waals surface area (Å²) in [5, 5.41) is 21.0. The van der Waals surface area contributed by atoms with Gasteiger partial charge in [0, 0.05) is 17.2 Å². The van der Waals surface area contributed by atoms with Gasteiger partial charge in [-0.1, -0.05) is 36.9 Å². The molecule has 0 bridgehead atoms. The van der Waals surface area contributed by atoms with Crippen LogP contribution in [0.15, 0.2) is 49.1 Å². The Balaban J connectivity index is 2.15. The SMILES string of the molecule is C=Cc1ccc2c(c1)C(=C)c1c(cc(O)c(CC=C(C)C)c1O)O2. The van der Waals surface area contributed by atoms with E-state index in [1.54, 1.807) is 12.1 Å². The first kappa shape index (κ1) is 15.9. The number of ether oxygens (including phenoxy) is 1. The topological polar surface area (TPSA) is 49.7 Å². The zero-order chi connectivity index (χ0) is 17.4. The van der Waals surface area contributed by atoms with Gasteiger partial charge in [-0.05, 0) is 43.5 Å². The lowest BCUT2D eigenvalue weighted by Crippen LogP contribution is -2.04. The highest BCUT2D eigenvalue weighted by atomic mass is 16.5. The Hall–Kier alpha value is -2.94. The summed E-state index contributed by atoms with van der Waals surface area (Å²) in [6.45, 7) is 11.8. The van der Waals surface area contributed by atoms with Crippen LogP contribution in [-0.2, 0) is 6.42 Å². The standard InChI is InChI=1S/C21H20O3/c1-5-14-7-9-18-16(10-14)13(4)20-19(24-18)11-17(22)15(21(20)23)8-6-12(2)3/h5-7,9-11,22-23H,1,4,8H2,2-3H3. The fourth-order valence-corrected chi connectivity index (χ4v) is 2.80. The van der Waals surface area contributed by atoms with Crippen molar-refractivity contribution >= 4 is 11.6 Å². The molecule has 3 heteroatoms. The van der Waals surface area contributed by atoms with Crippen LogP contribution in [0, 0.1) is 0 Å². The zero-order valence-corrected chi connectivity index (χ0v) is 13.9. The third kappa shape index (κ3) is 2.58. The minimum absolute atomic E-state index is 0.0159. The van der Waals surface area contributed by atoms with E-state index >= 15 is 0 Å². The Bertz CT molecular complexity index is 884. The van der Waals surface area contributed by atoms with Crippen LogP contribution in [-0.4, -0.2) is 10.2 Å². The quantitative estimate of drug-likeness (QED) is 0.634. The summed E-state index contributed by atoms with van der Waals surface area (Å²) in [5.74, 6) is 1.09. The maximum absolute atomic E-state index is 10.7. The molecule has 0 radical (unpaired) electrons. The summed E-state index contributed by atoms with van der Waals surface area (Å²) in [6.07, 6.45) is 4.15. The van der Waals surface area contributed by atoms with Crippen molar-refractivity contribution < 1.29 is 14.9 Å². The molecule has 1 aliphatic rings. The molecule has 2 aromatic carbocycles. The molecule has 1 aliphatic heterocycles. The second kappa shape index (κ2) is 5.93. The Labute approximate surface area is 141 Å². The summed E-state index contributed by atoms with van der Waals surface area (Å²) < 4.78 is 5.86. The van der Waals surface area contributed by atoms with Gasteiger partial charge in [-0.25, -0.2) is 0 Å². The van der Waals surface area contributed by atoms with E-state index in [0.717, 1.165) is 16.7 Å². The van der Waals surface area contributed by atoms with Crippen LogP contribution in [0.25, 0.3) is 11.6 Å². The van der Waals surface area contributed by atoms with Crippen LogP contribution >= 0.6 is 0 Å². The average Bonchev–Trinajstić information content (AvgIpc) is 2.53. The fourth-order valence-electron chi connectivity index (χ4n) is 2.80. The molecule has 3 nitrogen and oxygen atoms in total. The molecular weight excluding hydrogens is 300 g/mol. The van der Waals surface area contributed by atoms with Gasteiger partial charge in [0.05, 0.1) is 5.56 Å². The van der Waals surface area contributed by atoms with Gasteiger partial charge in [0.25, 0.3) is 0 Å². The maximum Gasteiger partial charge on any atom is 0.142 e. The molecule has 0 saturated carbocycles. The first-order valence-electron chi connectivity index (χ1n) is 7.77. The van der Waals surface area contributed by atoms with Crippen molar-refractivity contribution in [3.05, 3.63) is 71.3 Å². The van der Waals surface area contributed by atoms with Crippen LogP contribution in [0.3, 0.4) is 0 Å². The highest BCUT2D eigenvalue weighted by Gasteiger charge is 2.27. The first-order chi connectivity index (χ1) is 11.4. The summed E-state index contributed by atoms with van der Waals surface area (Å²) in [4.78, 5) is 0. The van der Waals surface area contributed by atoms with E-state index < -0.39 is 0 Å². The monoisotopic (exact) mass is 320 g/mol. The Kier molecular flexibility index (Phi) is 3.94. The molecule has 0 aliphatic carbocycles. The smallest absolute Gasteiger partial charge is 0.142 e. The largest absolute Gasteiger partial charge is 0.507 e. The van der Waals surface area contributed by atoms with Gasteiger partial charge in [0.2, 0.25) is 0 Å². The lowest BCUT2D eigenvalue weighted by atomic mass is 9.90. The van der Waals surface area contributed by atoms with E-state index in [9.17, 15) is 10.2 Å². The van der Waals surface area contributed by atoms with Gasteiger partial charge < -0.3 is 14.9 Å². The number of benzene rings is 2. The van der Waals surface area contributed by atoms with Gasteiger partial charge in [-0.3, -0.25) is 0 Å². The van der Waals surface area contributed by atoms with Crippen LogP contribution in [0.2, 0.25) is 0 Å². The number of allylic oxidation sites excluding steroid dienone is 2. The molecule has 24 heavy (non-hydrogen) atoms. The molecule has 0 atom stereocenters. The van der Waals surface area contributed by atoms with Crippen molar-refractivity contribution in [1.82, 2.24) is 0 Å². The molecule has 1 heterocycles. The molecule has 0 unspecified atom stereocenters. The van der Waals surface area contributed by atoms with Crippen LogP contribution in [0.1, 0.15) is 36.1 Å². The van der Waals surface area contributed by atoms with Crippen LogP contribution in [0.5, 0.6) is 23.0 Å². The number of fused-ring (bicyclic) bond motifs is 2. The Morgan fingerprint density at radius 3 is 2.58 bits per heavy atom. The summed E-state index contributed by atoms with van der Waals surface area (Å²) in [6, 6.07) is 7.20. The molecule has 2 aromatic rings. The number of phenolic OH excluding ortho intramolecular Hbond substituents is 2. The van der Waals surface area contributed by atoms with E-state index in [1.165, 1.54) is 0 Å². The van der Waals surface area contributed by atoms with Crippen molar-refractivity contribution in [3.63, 3.8) is 0 Å². The Morgan fingerprint density at radius 2 is 1.92 bits per heavy atom. The predicted octanol–water partition coefficient (Wildman–Crippen LogP) is 5.42. The third-order valence-electron chi connectivity index (χ3n) is 4.15. The molecule has 0 aromatic heterocycles. The molecule has 0 spiro atoms. The molecule has 0 amide bonds. The molecule has 2 N–H and O–H groups in total. The van der Waals surface area contributed by atoms with E-state index in [-0.39, 0.29) is 11.5 Å². The normalized spacial score (nSPS) is 12.0. The maximum atomic E-state index is 10.7. The van der Waals surface area contributed by atoms with Crippen LogP contribution in [0.4, 0.5) is 0 Å². The number of hydrogen-bond donors (Lipinski definition) is 2. The Morgan fingerprint density at radius 1 is 1.17 bits per heavy atom. The van der Waals surface area contributed by atoms with E-state index in [0.29, 0.717) is 34.6 Å². The van der Waals surface area contributed by atoms with Gasteiger partial charge in [0.1, 0.15) is 23.0 Å². The van der Waals surface area contributed by atoms with E-state index in [2.05, 4.69) is 13.2 Å². The van der Waals surface area contributed by atoms with Crippen molar-refractivity contribution in [2.75, 3.05) is 0 Å². The predicted molar refractivity (Wildman–Crippen MR) is 97.6 cm³/mol. The second-order valence-electron chi connectivity index (χ2n) is 6.12. The zero-order valence-electron chi connectivity index (χ0n) is 13.9. The molecule has 122 valence electrons. The fraction of sp³-hybridized carbons (Fsp3) is 0.143. The van der Waals surface area contributed by atoms with E-state index in [1.807, 2.05) is 38.1 Å². The van der Waals surface area contributed by atoms with Crippen molar-refractivity contribution in [2.45, 2.75) is 20.3 Å². The van der Waals surface area contributed by atoms with E-state index in [4.69, 9.17) is 4.74 Å². The van der Waals surface area contributed by atoms with Crippen molar-refractivity contribution in [3.8, 4) is 23.0 Å². The van der Waals surface area contributed by atoms with Crippen LogP contribution < -0.4 is 4.74 Å². The van der Waals surface area contributed by atoms with Gasteiger partial charge in [0.15, 0.2) is 0 Å². The number of aromatic hydroxyl groups is 2. The summed E-state index contributed by atoms with van der Waals surface area (Å²) in [7, 11) is 0. The highest BCUT2D eigenvalue weighted by molar-refractivity contribution is 5.91. The minimum atomic E-state index is 0.0159. The summed E-state index contributed by atoms with van der Waals surface area (Å²) >= 11 is 0. The lowest BCUT2D eigenvalue weighted by molar-refractivity contribution is 0.419. The molecule has 0 fully saturated rings. The molecule has 0 saturated heterocycles. The number of phenols is 2. The average molecular weight is 320 g/mol. The summed E-state index contributed by atoms with van der Waals surface area (Å²) in [5.41, 5.74) is 4.55. The first-order valence-corrected chi connectivity index (χ1v) is 7.77. The highest BCUT2D eigenvalue weighted by Crippen LogP contribution is 2.50. The van der Waals surface area contributed by atoms with Gasteiger partial charge >= 0.3 is 0 Å². The lowest BCUT2D eigenvalue weighted by Gasteiger charge is -2.25. The molecular formula is C21H20O3. The van der Waals surface area contributed by atoms with Gasteiger partial charge in [-0.15, -0.1) is 0 Å². The number of rotatable bonds is 3. The second-order valence-corrected chi connectivity index (χ2v) is 6.12. The van der Waals surface area contributed by atoms with Crippen molar-refractivity contribution in [2.24, 2.45) is 0 Å². The number of hydrogen-bond acceptors (Lipinski definition) is 3. The third-order valence-corrected chi connectivity index (χ3v) is 4.15. The van der Waals surface area contributed by atoms with Gasteiger partial charge in [-0.2, -0.15) is 0 Å². The van der Waals surface area contributed by atoms with Crippen molar-refractivity contribution in [1.29, 1.82) is 0 Å². The molecule has 3 rings (SSSR count). The minimum Gasteiger partial charge on any atom is -0.507 e.